The van der Waals surface area contributed by atoms with E-state index >= 15 is 0 Å². The smallest absolute Gasteiger partial charge is 0.256 e. The number of hydrogen-bond donors (Lipinski definition) is 0. The Kier molecular flexibility index (Phi) is 3.69. The van der Waals surface area contributed by atoms with Crippen molar-refractivity contribution in [3.63, 3.8) is 0 Å². The monoisotopic (exact) mass is 117 g/mol. The van der Waals surface area contributed by atoms with Crippen molar-refractivity contribution in [3.8, 4) is 0 Å². The first-order chi connectivity index (χ1) is 3.31. The van der Waals surface area contributed by atoms with Crippen molar-refractivity contribution in [2.24, 2.45) is 4.36 Å². The zero-order valence-electron chi connectivity index (χ0n) is 4.18. The van der Waals surface area contributed by atoms with Gasteiger partial charge in [0.25, 0.3) is 5.91 Å². The Bertz CT molecular complexity index is 81.8. The molecule has 0 heterocycles. The topological polar surface area (TPSA) is 29.4 Å². The van der Waals surface area contributed by atoms with Crippen molar-refractivity contribution in [2.75, 3.05) is 0 Å². The van der Waals surface area contributed by atoms with Crippen molar-refractivity contribution in [1.29, 1.82) is 0 Å². The molecule has 0 N–H and O–H groups in total. The average Bonchev–Trinajstić information content (AvgIpc) is 1.68. The maximum absolute atomic E-state index is 10.1. The minimum absolute atomic E-state index is 0.183. The standard InChI is InChI=1S/C4H7NOS/c1-2-3-4(6)5-7/h2-3H2,1H3. The van der Waals surface area contributed by atoms with Crippen LogP contribution in [0.15, 0.2) is 4.36 Å². The molecule has 0 radical (unpaired) electrons. The predicted molar refractivity (Wildman–Crippen MR) is 29.7 cm³/mol. The first kappa shape index (κ1) is 6.69. The fourth-order valence-corrected chi connectivity index (χ4v) is 0.351. The number of carbonyl (C=O) groups excluding carboxylic acids is 1. The molecule has 0 atom stereocenters. The van der Waals surface area contributed by atoms with Gasteiger partial charge >= 0.3 is 0 Å². The van der Waals surface area contributed by atoms with Crippen LogP contribution in [0.3, 0.4) is 0 Å². The summed E-state index contributed by atoms with van der Waals surface area (Å²) >= 11 is 4.12. The zero-order chi connectivity index (χ0) is 5.70. The van der Waals surface area contributed by atoms with Crippen molar-refractivity contribution < 1.29 is 4.79 Å². The van der Waals surface area contributed by atoms with Crippen LogP contribution in [0.1, 0.15) is 19.8 Å². The van der Waals surface area contributed by atoms with E-state index in [0.29, 0.717) is 6.42 Å². The number of nitrogens with zero attached hydrogens (tertiary/aromatic N) is 1. The lowest BCUT2D eigenvalue weighted by atomic mass is 10.3. The van der Waals surface area contributed by atoms with Crippen molar-refractivity contribution in [2.45, 2.75) is 19.8 Å². The molecule has 0 rings (SSSR count). The van der Waals surface area contributed by atoms with Crippen LogP contribution in [-0.4, -0.2) is 5.91 Å². The van der Waals surface area contributed by atoms with E-state index in [1.165, 1.54) is 0 Å². The molecule has 0 saturated carbocycles. The first-order valence-corrected chi connectivity index (χ1v) is 2.54. The van der Waals surface area contributed by atoms with Gasteiger partial charge in [-0.3, -0.25) is 4.79 Å². The molecule has 1 amide bonds. The Morgan fingerprint density at radius 2 is 2.43 bits per heavy atom. The van der Waals surface area contributed by atoms with E-state index in [9.17, 15) is 4.79 Å². The second-order valence-electron chi connectivity index (χ2n) is 1.24. The van der Waals surface area contributed by atoms with Crippen molar-refractivity contribution in [1.82, 2.24) is 0 Å². The molecule has 0 aliphatic heterocycles. The summed E-state index contributed by atoms with van der Waals surface area (Å²) in [4.78, 5) is 10.1. The van der Waals surface area contributed by atoms with Crippen LogP contribution in [0.4, 0.5) is 0 Å². The molecule has 0 aliphatic rings. The largest absolute Gasteiger partial charge is 0.272 e. The highest BCUT2D eigenvalue weighted by atomic mass is 32.1. The van der Waals surface area contributed by atoms with E-state index in [0.717, 1.165) is 6.42 Å². The fraction of sp³-hybridized carbons (Fsp3) is 0.750. The minimum Gasteiger partial charge on any atom is -0.272 e. The van der Waals surface area contributed by atoms with Crippen LogP contribution in [0, 0.1) is 0 Å². The van der Waals surface area contributed by atoms with Gasteiger partial charge in [-0.2, -0.15) is 0 Å². The Morgan fingerprint density at radius 1 is 1.86 bits per heavy atom. The molecule has 0 aromatic heterocycles. The Labute approximate surface area is 48.1 Å². The SMILES string of the molecule is CCCC(=O)N=S. The maximum Gasteiger partial charge on any atom is 0.256 e. The van der Waals surface area contributed by atoms with Crippen molar-refractivity contribution >= 4 is 18.3 Å². The highest BCUT2D eigenvalue weighted by Gasteiger charge is 1.90. The Balaban J connectivity index is 3.17. The van der Waals surface area contributed by atoms with E-state index in [4.69, 9.17) is 0 Å². The molecule has 0 bridgehead atoms. The summed E-state index contributed by atoms with van der Waals surface area (Å²) < 4.78 is 3.02. The van der Waals surface area contributed by atoms with Gasteiger partial charge in [-0.25, -0.2) is 0 Å². The number of rotatable bonds is 2. The van der Waals surface area contributed by atoms with Crippen LogP contribution in [0.5, 0.6) is 0 Å². The second-order valence-corrected chi connectivity index (χ2v) is 1.42. The van der Waals surface area contributed by atoms with Crippen molar-refractivity contribution in [3.05, 3.63) is 0 Å². The van der Waals surface area contributed by atoms with E-state index in [2.05, 4.69) is 16.8 Å². The third kappa shape index (κ3) is 3.52. The van der Waals surface area contributed by atoms with E-state index < -0.39 is 0 Å². The summed E-state index contributed by atoms with van der Waals surface area (Å²) in [5, 5.41) is 0. The molecule has 0 saturated heterocycles. The van der Waals surface area contributed by atoms with Crippen LogP contribution in [-0.2, 0) is 17.2 Å². The van der Waals surface area contributed by atoms with Gasteiger partial charge in [0.1, 0.15) is 0 Å². The molecule has 0 aliphatic carbocycles. The number of carbonyl (C=O) groups is 1. The molecular weight excluding hydrogens is 110 g/mol. The highest BCUT2D eigenvalue weighted by Crippen LogP contribution is 1.87. The van der Waals surface area contributed by atoms with Gasteiger partial charge in [-0.15, -0.1) is 4.36 Å². The zero-order valence-corrected chi connectivity index (χ0v) is 4.99. The second kappa shape index (κ2) is 3.87. The summed E-state index contributed by atoms with van der Waals surface area (Å²) in [7, 11) is 0. The summed E-state index contributed by atoms with van der Waals surface area (Å²) in [5.41, 5.74) is 0. The lowest BCUT2D eigenvalue weighted by Crippen LogP contribution is -1.87. The van der Waals surface area contributed by atoms with Gasteiger partial charge in [0, 0.05) is 18.8 Å². The molecule has 0 aromatic carbocycles. The Morgan fingerprint density at radius 3 is 2.57 bits per heavy atom. The predicted octanol–water partition coefficient (Wildman–Crippen LogP) is 1.04. The summed E-state index contributed by atoms with van der Waals surface area (Å²) in [6.07, 6.45) is 1.32. The third-order valence-corrected chi connectivity index (χ3v) is 0.769. The van der Waals surface area contributed by atoms with Gasteiger partial charge in [0.05, 0.1) is 0 Å². The molecule has 2 nitrogen and oxygen atoms in total. The number of amides is 1. The average molecular weight is 117 g/mol. The normalized spacial score (nSPS) is 8.14. The molecular formula is C4H7NOS. The van der Waals surface area contributed by atoms with Crippen LogP contribution in [0.25, 0.3) is 0 Å². The van der Waals surface area contributed by atoms with Gasteiger partial charge in [0.15, 0.2) is 0 Å². The van der Waals surface area contributed by atoms with Gasteiger partial charge in [-0.1, -0.05) is 6.92 Å². The van der Waals surface area contributed by atoms with E-state index in [-0.39, 0.29) is 5.91 Å². The van der Waals surface area contributed by atoms with Gasteiger partial charge in [-0.05, 0) is 6.42 Å². The van der Waals surface area contributed by atoms with Crippen LogP contribution in [0.2, 0.25) is 0 Å². The van der Waals surface area contributed by atoms with E-state index in [1.807, 2.05) is 6.92 Å². The summed E-state index contributed by atoms with van der Waals surface area (Å²) in [6.45, 7) is 1.92. The maximum atomic E-state index is 10.1. The minimum atomic E-state index is -0.183. The van der Waals surface area contributed by atoms with Gasteiger partial charge < -0.3 is 0 Å². The van der Waals surface area contributed by atoms with Crippen LogP contribution >= 0.6 is 0 Å². The first-order valence-electron chi connectivity index (χ1n) is 2.17. The molecule has 0 unspecified atom stereocenters. The molecule has 40 valence electrons. The van der Waals surface area contributed by atoms with E-state index in [1.54, 1.807) is 0 Å². The van der Waals surface area contributed by atoms with Gasteiger partial charge in [0.2, 0.25) is 0 Å². The fourth-order valence-electron chi connectivity index (χ4n) is 0.260. The molecule has 0 spiro atoms. The highest BCUT2D eigenvalue weighted by molar-refractivity contribution is 7.47. The van der Waals surface area contributed by atoms with Crippen LogP contribution < -0.4 is 0 Å². The lowest BCUT2D eigenvalue weighted by Gasteiger charge is -1.80. The molecule has 0 aromatic rings. The summed E-state index contributed by atoms with van der Waals surface area (Å²) in [6, 6.07) is 0. The third-order valence-electron chi connectivity index (χ3n) is 0.566. The molecule has 3 heteroatoms. The Hall–Kier alpha value is -0.310. The number of hydrogen-bond acceptors (Lipinski definition) is 2. The molecule has 7 heavy (non-hydrogen) atoms. The lowest BCUT2D eigenvalue weighted by molar-refractivity contribution is -0.117. The molecule has 0 fully saturated rings. The quantitative estimate of drug-likeness (QED) is 0.541. The summed E-state index contributed by atoms with van der Waals surface area (Å²) in [5.74, 6) is -0.183.